The maximum Gasteiger partial charge on any atom is 0.170 e. The van der Waals surface area contributed by atoms with Crippen LogP contribution in [0, 0.1) is 0 Å². The van der Waals surface area contributed by atoms with Crippen LogP contribution in [0.3, 0.4) is 0 Å². The Morgan fingerprint density at radius 2 is 2.00 bits per heavy atom. The van der Waals surface area contributed by atoms with Crippen molar-refractivity contribution in [3.63, 3.8) is 0 Å². The van der Waals surface area contributed by atoms with E-state index in [1.54, 1.807) is 6.07 Å². The second-order valence-electron chi connectivity index (χ2n) is 8.18. The minimum absolute atomic E-state index is 0.0712. The van der Waals surface area contributed by atoms with Gasteiger partial charge in [0.25, 0.3) is 0 Å². The molecule has 2 unspecified atom stereocenters. The van der Waals surface area contributed by atoms with E-state index < -0.39 is 0 Å². The Labute approximate surface area is 163 Å². The zero-order valence-corrected chi connectivity index (χ0v) is 17.0. The number of rotatable bonds is 9. The van der Waals surface area contributed by atoms with Gasteiger partial charge in [0.1, 0.15) is 11.5 Å². The number of hydrogen-bond donors (Lipinski definition) is 1. The molecule has 27 heavy (non-hydrogen) atoms. The summed E-state index contributed by atoms with van der Waals surface area (Å²) in [5.74, 6) is 0.860. The molecule has 0 bridgehead atoms. The molecule has 3 rings (SSSR count). The topological polar surface area (TPSA) is 49.8 Å². The van der Waals surface area contributed by atoms with Gasteiger partial charge in [-0.2, -0.15) is 0 Å². The van der Waals surface area contributed by atoms with Crippen LogP contribution in [0.25, 0.3) is 0 Å². The normalized spacial score (nSPS) is 20.1. The molecule has 4 heteroatoms. The van der Waals surface area contributed by atoms with Crippen molar-refractivity contribution in [2.75, 3.05) is 11.4 Å². The molecule has 1 aromatic rings. The van der Waals surface area contributed by atoms with Gasteiger partial charge in [-0.25, -0.2) is 0 Å². The van der Waals surface area contributed by atoms with Crippen LogP contribution in [0.5, 0.6) is 11.5 Å². The van der Waals surface area contributed by atoms with Crippen molar-refractivity contribution in [1.29, 1.82) is 0 Å². The van der Waals surface area contributed by atoms with Crippen molar-refractivity contribution < 1.29 is 14.6 Å². The van der Waals surface area contributed by atoms with Crippen LogP contribution in [-0.2, 0) is 0 Å². The van der Waals surface area contributed by atoms with Crippen molar-refractivity contribution in [3.05, 3.63) is 17.7 Å². The second-order valence-corrected chi connectivity index (χ2v) is 8.18. The fourth-order valence-corrected chi connectivity index (χ4v) is 4.59. The molecule has 2 atom stereocenters. The predicted molar refractivity (Wildman–Crippen MR) is 110 cm³/mol. The number of phenolic OH excluding ortho intramolecular Hbond substituents is 1. The zero-order valence-electron chi connectivity index (χ0n) is 17.0. The van der Waals surface area contributed by atoms with Crippen molar-refractivity contribution in [2.24, 2.45) is 0 Å². The summed E-state index contributed by atoms with van der Waals surface area (Å²) in [5, 5.41) is 10.6. The largest absolute Gasteiger partial charge is 0.507 e. The number of piperidine rings is 1. The maximum absolute atomic E-state index is 12.6. The number of carbonyl (C=O) groups is 1. The van der Waals surface area contributed by atoms with Gasteiger partial charge in [-0.1, -0.05) is 39.5 Å². The monoisotopic (exact) mass is 373 g/mol. The third-order valence-electron chi connectivity index (χ3n) is 6.00. The number of carbonyl (C=O) groups excluding carboxylic acids is 1. The van der Waals surface area contributed by atoms with E-state index >= 15 is 0 Å². The number of Topliss-reactive ketones (excluding diaryl/α,β-unsaturated/α-hetero) is 1. The minimum Gasteiger partial charge on any atom is -0.507 e. The summed E-state index contributed by atoms with van der Waals surface area (Å²) in [6.07, 6.45) is 12.2. The smallest absolute Gasteiger partial charge is 0.170 e. The van der Waals surface area contributed by atoms with Crippen molar-refractivity contribution in [3.8, 4) is 11.5 Å². The van der Waals surface area contributed by atoms with E-state index in [0.29, 0.717) is 17.7 Å². The summed E-state index contributed by atoms with van der Waals surface area (Å²) in [5.41, 5.74) is 1.38. The molecule has 1 N–H and O–H groups in total. The fourth-order valence-electron chi connectivity index (χ4n) is 4.59. The van der Waals surface area contributed by atoms with Crippen LogP contribution >= 0.6 is 0 Å². The second kappa shape index (κ2) is 9.48. The number of unbranched alkanes of at least 4 members (excludes halogenated alkanes) is 3. The molecule has 4 nitrogen and oxygen atoms in total. The van der Waals surface area contributed by atoms with Crippen LogP contribution < -0.4 is 9.64 Å². The summed E-state index contributed by atoms with van der Waals surface area (Å²) in [6.45, 7) is 5.37. The molecule has 1 aromatic carbocycles. The summed E-state index contributed by atoms with van der Waals surface area (Å²) < 4.78 is 6.30. The van der Waals surface area contributed by atoms with Crippen LogP contribution in [0.15, 0.2) is 12.1 Å². The third-order valence-corrected chi connectivity index (χ3v) is 6.00. The lowest BCUT2D eigenvalue weighted by atomic mass is 9.88. The van der Waals surface area contributed by atoms with Crippen molar-refractivity contribution in [1.82, 2.24) is 0 Å². The number of ether oxygens (including phenoxy) is 1. The fraction of sp³-hybridized carbons (Fsp3) is 0.696. The zero-order chi connectivity index (χ0) is 19.2. The number of benzene rings is 1. The first-order chi connectivity index (χ1) is 13.1. The Kier molecular flexibility index (Phi) is 7.03. The Hall–Kier alpha value is -1.71. The molecule has 150 valence electrons. The Morgan fingerprint density at radius 1 is 1.15 bits per heavy atom. The van der Waals surface area contributed by atoms with Crippen LogP contribution in [-0.4, -0.2) is 29.6 Å². The number of anilines is 1. The van der Waals surface area contributed by atoms with Gasteiger partial charge in [0.05, 0.1) is 17.4 Å². The number of aromatic hydroxyl groups is 1. The van der Waals surface area contributed by atoms with E-state index in [1.807, 2.05) is 6.07 Å². The molecule has 0 saturated carbocycles. The number of hydrogen-bond acceptors (Lipinski definition) is 4. The predicted octanol–water partition coefficient (Wildman–Crippen LogP) is 5.86. The van der Waals surface area contributed by atoms with E-state index in [2.05, 4.69) is 18.7 Å². The quantitative estimate of drug-likeness (QED) is 0.551. The van der Waals surface area contributed by atoms with E-state index in [-0.39, 0.29) is 23.7 Å². The average Bonchev–Trinajstić information content (AvgIpc) is 2.65. The number of phenols is 1. The van der Waals surface area contributed by atoms with E-state index in [9.17, 15) is 9.90 Å². The van der Waals surface area contributed by atoms with E-state index in [4.69, 9.17) is 4.74 Å². The number of nitrogens with zero attached hydrogens (tertiary/aromatic N) is 1. The van der Waals surface area contributed by atoms with Crippen molar-refractivity contribution in [2.45, 2.75) is 96.6 Å². The molecule has 0 aliphatic carbocycles. The SMILES string of the molecule is CCCCCCC(CCC)Oc1cc(O)c2c(c1)N1CCCCC1CC2=O. The highest BCUT2D eigenvalue weighted by Crippen LogP contribution is 2.42. The highest BCUT2D eigenvalue weighted by atomic mass is 16.5. The first-order valence-corrected chi connectivity index (χ1v) is 11.0. The molecular formula is C23H35NO3. The average molecular weight is 374 g/mol. The summed E-state index contributed by atoms with van der Waals surface area (Å²) >= 11 is 0. The molecule has 2 aliphatic heterocycles. The first kappa shape index (κ1) is 20.0. The molecule has 0 aromatic heterocycles. The van der Waals surface area contributed by atoms with Gasteiger partial charge in [-0.15, -0.1) is 0 Å². The van der Waals surface area contributed by atoms with Gasteiger partial charge >= 0.3 is 0 Å². The molecular weight excluding hydrogens is 338 g/mol. The Bertz CT molecular complexity index is 643. The lowest BCUT2D eigenvalue weighted by Crippen LogP contribution is -2.44. The standard InChI is InChI=1S/C23H35NO3/c1-3-5-6-7-12-18(10-4-2)27-19-15-20-23(22(26)16-19)21(25)14-17-11-8-9-13-24(17)20/h15-18,26H,3-14H2,1-2H3. The van der Waals surface area contributed by atoms with Gasteiger partial charge in [-0.3, -0.25) is 4.79 Å². The lowest BCUT2D eigenvalue weighted by molar-refractivity contribution is 0.0958. The van der Waals surface area contributed by atoms with E-state index in [1.165, 1.54) is 32.1 Å². The Balaban J connectivity index is 1.78. The lowest BCUT2D eigenvalue weighted by Gasteiger charge is -2.41. The minimum atomic E-state index is 0.0712. The molecule has 1 saturated heterocycles. The molecule has 0 amide bonds. The molecule has 2 aliphatic rings. The molecule has 0 radical (unpaired) electrons. The van der Waals surface area contributed by atoms with Crippen molar-refractivity contribution >= 4 is 11.5 Å². The number of fused-ring (bicyclic) bond motifs is 3. The van der Waals surface area contributed by atoms with Crippen LogP contribution in [0.1, 0.15) is 94.8 Å². The van der Waals surface area contributed by atoms with E-state index in [0.717, 1.165) is 44.3 Å². The van der Waals surface area contributed by atoms with Crippen LogP contribution in [0.4, 0.5) is 5.69 Å². The molecule has 1 fully saturated rings. The number of ketones is 1. The van der Waals surface area contributed by atoms with Gasteiger partial charge in [0, 0.05) is 31.1 Å². The van der Waals surface area contributed by atoms with Gasteiger partial charge in [0.2, 0.25) is 0 Å². The summed E-state index contributed by atoms with van der Waals surface area (Å²) in [6, 6.07) is 3.93. The van der Waals surface area contributed by atoms with Gasteiger partial charge in [-0.05, 0) is 38.5 Å². The molecule has 0 spiro atoms. The maximum atomic E-state index is 12.6. The highest BCUT2D eigenvalue weighted by Gasteiger charge is 2.35. The summed E-state index contributed by atoms with van der Waals surface area (Å²) in [7, 11) is 0. The first-order valence-electron chi connectivity index (χ1n) is 11.0. The molecule has 2 heterocycles. The summed E-state index contributed by atoms with van der Waals surface area (Å²) in [4.78, 5) is 14.9. The van der Waals surface area contributed by atoms with Gasteiger partial charge < -0.3 is 14.7 Å². The Morgan fingerprint density at radius 3 is 2.78 bits per heavy atom. The van der Waals surface area contributed by atoms with Crippen LogP contribution in [0.2, 0.25) is 0 Å². The van der Waals surface area contributed by atoms with Gasteiger partial charge in [0.15, 0.2) is 5.78 Å². The third kappa shape index (κ3) is 4.77. The highest BCUT2D eigenvalue weighted by molar-refractivity contribution is 6.06.